The standard InChI is InChI=1S/C28H28N4O/c1-3-4-7-21-9-13-25(14-10-21)32-28(33)22-11-15-24(16-12-22)31-27-18-26(29-19-30-27)23-8-5-6-20(2)17-23/h5-6,8-19H,3-4,7H2,1-2H3,(H,32,33)(H,29,30,31). The molecule has 4 aromatic rings. The molecule has 0 radical (unpaired) electrons. The summed E-state index contributed by atoms with van der Waals surface area (Å²) < 4.78 is 0. The van der Waals surface area contributed by atoms with Gasteiger partial charge in [-0.15, -0.1) is 0 Å². The molecule has 0 aliphatic rings. The van der Waals surface area contributed by atoms with Gasteiger partial charge in [0.25, 0.3) is 5.91 Å². The minimum atomic E-state index is -0.133. The van der Waals surface area contributed by atoms with E-state index >= 15 is 0 Å². The number of unbranched alkanes of at least 4 members (excludes halogenated alkanes) is 1. The van der Waals surface area contributed by atoms with E-state index in [4.69, 9.17) is 0 Å². The Balaban J connectivity index is 1.39. The summed E-state index contributed by atoms with van der Waals surface area (Å²) in [4.78, 5) is 21.3. The molecular formula is C28H28N4O. The van der Waals surface area contributed by atoms with Gasteiger partial charge in [-0.2, -0.15) is 0 Å². The lowest BCUT2D eigenvalue weighted by Gasteiger charge is -2.09. The molecule has 3 aromatic carbocycles. The van der Waals surface area contributed by atoms with Gasteiger partial charge in [-0.05, 0) is 67.8 Å². The Morgan fingerprint density at radius 2 is 1.64 bits per heavy atom. The molecule has 166 valence electrons. The van der Waals surface area contributed by atoms with Crippen LogP contribution in [0.5, 0.6) is 0 Å². The van der Waals surface area contributed by atoms with E-state index in [1.54, 1.807) is 18.5 Å². The number of hydrogen-bond acceptors (Lipinski definition) is 4. The number of hydrogen-bond donors (Lipinski definition) is 2. The van der Waals surface area contributed by atoms with Crippen LogP contribution >= 0.6 is 0 Å². The molecule has 33 heavy (non-hydrogen) atoms. The molecule has 1 heterocycles. The Morgan fingerprint density at radius 1 is 0.879 bits per heavy atom. The van der Waals surface area contributed by atoms with Crippen LogP contribution in [0, 0.1) is 6.92 Å². The molecule has 0 bridgehead atoms. The zero-order chi connectivity index (χ0) is 23.0. The normalized spacial score (nSPS) is 10.6. The van der Waals surface area contributed by atoms with Gasteiger partial charge in [0.1, 0.15) is 12.1 Å². The third-order valence-electron chi connectivity index (χ3n) is 5.43. The summed E-state index contributed by atoms with van der Waals surface area (Å²) in [6, 6.07) is 25.5. The highest BCUT2D eigenvalue weighted by Gasteiger charge is 2.07. The van der Waals surface area contributed by atoms with E-state index in [0.717, 1.165) is 29.1 Å². The first-order valence-electron chi connectivity index (χ1n) is 11.3. The first-order chi connectivity index (χ1) is 16.1. The Bertz CT molecular complexity index is 1220. The lowest BCUT2D eigenvalue weighted by molar-refractivity contribution is 0.102. The van der Waals surface area contributed by atoms with Crippen molar-refractivity contribution in [3.05, 3.63) is 102 Å². The number of amides is 1. The Kier molecular flexibility index (Phi) is 7.10. The van der Waals surface area contributed by atoms with Crippen LogP contribution in [-0.4, -0.2) is 15.9 Å². The molecule has 0 unspecified atom stereocenters. The maximum atomic E-state index is 12.6. The summed E-state index contributed by atoms with van der Waals surface area (Å²) >= 11 is 0. The fourth-order valence-corrected chi connectivity index (χ4v) is 3.58. The van der Waals surface area contributed by atoms with Gasteiger partial charge in [0.15, 0.2) is 0 Å². The van der Waals surface area contributed by atoms with Gasteiger partial charge < -0.3 is 10.6 Å². The van der Waals surface area contributed by atoms with Crippen molar-refractivity contribution in [3.8, 4) is 11.3 Å². The van der Waals surface area contributed by atoms with E-state index in [-0.39, 0.29) is 5.91 Å². The second-order valence-corrected chi connectivity index (χ2v) is 8.11. The molecule has 1 aromatic heterocycles. The maximum Gasteiger partial charge on any atom is 0.255 e. The summed E-state index contributed by atoms with van der Waals surface area (Å²) in [5.74, 6) is 0.563. The number of benzene rings is 3. The topological polar surface area (TPSA) is 66.9 Å². The van der Waals surface area contributed by atoms with Crippen molar-refractivity contribution in [1.82, 2.24) is 9.97 Å². The quantitative estimate of drug-likeness (QED) is 0.319. The Labute approximate surface area is 194 Å². The van der Waals surface area contributed by atoms with Gasteiger partial charge in [-0.1, -0.05) is 49.2 Å². The summed E-state index contributed by atoms with van der Waals surface area (Å²) in [7, 11) is 0. The van der Waals surface area contributed by atoms with E-state index in [0.29, 0.717) is 11.4 Å². The van der Waals surface area contributed by atoms with Crippen LogP contribution in [0.25, 0.3) is 11.3 Å². The van der Waals surface area contributed by atoms with Crippen molar-refractivity contribution in [2.24, 2.45) is 0 Å². The molecule has 0 fully saturated rings. The van der Waals surface area contributed by atoms with E-state index in [1.165, 1.54) is 24.0 Å². The molecule has 0 aliphatic carbocycles. The van der Waals surface area contributed by atoms with E-state index in [9.17, 15) is 4.79 Å². The monoisotopic (exact) mass is 436 g/mol. The number of carbonyl (C=O) groups excluding carboxylic acids is 1. The van der Waals surface area contributed by atoms with Crippen LogP contribution in [0.3, 0.4) is 0 Å². The van der Waals surface area contributed by atoms with Gasteiger partial charge in [0.05, 0.1) is 5.69 Å². The average molecular weight is 437 g/mol. The summed E-state index contributed by atoms with van der Waals surface area (Å²) in [5.41, 5.74) is 6.62. The van der Waals surface area contributed by atoms with Crippen LogP contribution in [-0.2, 0) is 6.42 Å². The number of carbonyl (C=O) groups is 1. The van der Waals surface area contributed by atoms with Gasteiger partial charge in [-0.25, -0.2) is 9.97 Å². The predicted octanol–water partition coefficient (Wildman–Crippen LogP) is 6.79. The number of nitrogens with zero attached hydrogens (tertiary/aromatic N) is 2. The van der Waals surface area contributed by atoms with E-state index in [1.807, 2.05) is 42.5 Å². The average Bonchev–Trinajstić information content (AvgIpc) is 2.84. The summed E-state index contributed by atoms with van der Waals surface area (Å²) in [6.07, 6.45) is 4.97. The van der Waals surface area contributed by atoms with Crippen molar-refractivity contribution in [3.63, 3.8) is 0 Å². The molecular weight excluding hydrogens is 408 g/mol. The second-order valence-electron chi connectivity index (χ2n) is 8.11. The third kappa shape index (κ3) is 6.04. The minimum Gasteiger partial charge on any atom is -0.340 e. The zero-order valence-electron chi connectivity index (χ0n) is 19.0. The fraction of sp³-hybridized carbons (Fsp3) is 0.179. The molecule has 1 amide bonds. The molecule has 5 heteroatoms. The van der Waals surface area contributed by atoms with Crippen molar-refractivity contribution < 1.29 is 4.79 Å². The van der Waals surface area contributed by atoms with Gasteiger partial charge >= 0.3 is 0 Å². The number of rotatable bonds is 8. The molecule has 0 aliphatic heterocycles. The molecule has 0 atom stereocenters. The zero-order valence-corrected chi connectivity index (χ0v) is 19.0. The number of anilines is 3. The largest absolute Gasteiger partial charge is 0.340 e. The lowest BCUT2D eigenvalue weighted by atomic mass is 10.1. The van der Waals surface area contributed by atoms with Crippen LogP contribution in [0.4, 0.5) is 17.2 Å². The molecule has 0 saturated carbocycles. The van der Waals surface area contributed by atoms with Crippen LogP contribution in [0.2, 0.25) is 0 Å². The predicted molar refractivity (Wildman–Crippen MR) is 135 cm³/mol. The lowest BCUT2D eigenvalue weighted by Crippen LogP contribution is -2.11. The van der Waals surface area contributed by atoms with Crippen molar-refractivity contribution in [2.45, 2.75) is 33.1 Å². The van der Waals surface area contributed by atoms with Gasteiger partial charge in [-0.3, -0.25) is 4.79 Å². The number of aromatic nitrogens is 2. The molecule has 0 saturated heterocycles. The number of aryl methyl sites for hydroxylation is 2. The minimum absolute atomic E-state index is 0.133. The molecule has 5 nitrogen and oxygen atoms in total. The first-order valence-corrected chi connectivity index (χ1v) is 11.3. The highest BCUT2D eigenvalue weighted by Crippen LogP contribution is 2.22. The van der Waals surface area contributed by atoms with Crippen molar-refractivity contribution >= 4 is 23.1 Å². The highest BCUT2D eigenvalue weighted by atomic mass is 16.1. The smallest absolute Gasteiger partial charge is 0.255 e. The third-order valence-corrected chi connectivity index (χ3v) is 5.43. The summed E-state index contributed by atoms with van der Waals surface area (Å²) in [5, 5.41) is 6.25. The Morgan fingerprint density at radius 3 is 2.36 bits per heavy atom. The van der Waals surface area contributed by atoms with E-state index in [2.05, 4.69) is 58.7 Å². The van der Waals surface area contributed by atoms with Crippen LogP contribution < -0.4 is 10.6 Å². The molecule has 4 rings (SSSR count). The number of nitrogens with one attached hydrogen (secondary N) is 2. The van der Waals surface area contributed by atoms with Crippen molar-refractivity contribution in [1.29, 1.82) is 0 Å². The van der Waals surface area contributed by atoms with E-state index < -0.39 is 0 Å². The molecule has 2 N–H and O–H groups in total. The van der Waals surface area contributed by atoms with Crippen LogP contribution in [0.15, 0.2) is 85.2 Å². The SMILES string of the molecule is CCCCc1ccc(NC(=O)c2ccc(Nc3cc(-c4cccc(C)c4)ncn3)cc2)cc1. The maximum absolute atomic E-state index is 12.6. The summed E-state index contributed by atoms with van der Waals surface area (Å²) in [6.45, 7) is 4.25. The molecule has 0 spiro atoms. The fourth-order valence-electron chi connectivity index (χ4n) is 3.58. The van der Waals surface area contributed by atoms with Gasteiger partial charge in [0.2, 0.25) is 0 Å². The Hall–Kier alpha value is -3.99. The van der Waals surface area contributed by atoms with Crippen molar-refractivity contribution in [2.75, 3.05) is 10.6 Å². The van der Waals surface area contributed by atoms with Gasteiger partial charge in [0, 0.05) is 28.6 Å². The van der Waals surface area contributed by atoms with Crippen LogP contribution in [0.1, 0.15) is 41.3 Å². The highest BCUT2D eigenvalue weighted by molar-refractivity contribution is 6.04. The first kappa shape index (κ1) is 22.2. The second kappa shape index (κ2) is 10.6.